The highest BCUT2D eigenvalue weighted by atomic mass is 16.7. The summed E-state index contributed by atoms with van der Waals surface area (Å²) < 4.78 is 21.2. The molecule has 0 spiro atoms. The van der Waals surface area contributed by atoms with Crippen molar-refractivity contribution in [3.8, 4) is 33.8 Å². The first-order chi connectivity index (χ1) is 21.4. The molecule has 0 saturated carbocycles. The minimum atomic E-state index is -0.863. The lowest BCUT2D eigenvalue weighted by Crippen LogP contribution is -2.14. The fraction of sp³-hybridized carbons (Fsp3) is 0.270. The van der Waals surface area contributed by atoms with Crippen LogP contribution in [0.2, 0.25) is 0 Å². The van der Waals surface area contributed by atoms with E-state index in [2.05, 4.69) is 13.8 Å². The topological polar surface area (TPSA) is 88.1 Å². The minimum Gasteiger partial charge on any atom is -0.465 e. The van der Waals surface area contributed by atoms with E-state index in [4.69, 9.17) is 18.9 Å². The molecule has 4 rings (SSSR count). The number of aryl methyl sites for hydroxylation is 2. The number of carbonyl (C=O) groups is 3. The van der Waals surface area contributed by atoms with Crippen molar-refractivity contribution >= 4 is 18.1 Å². The van der Waals surface area contributed by atoms with Crippen LogP contribution in [0.25, 0.3) is 22.3 Å². The van der Waals surface area contributed by atoms with E-state index < -0.39 is 18.1 Å². The zero-order valence-corrected chi connectivity index (χ0v) is 25.7. The predicted octanol–water partition coefficient (Wildman–Crippen LogP) is 8.86. The highest BCUT2D eigenvalue weighted by Crippen LogP contribution is 2.34. The molecule has 0 atom stereocenters. The molecule has 0 heterocycles. The Morgan fingerprint density at radius 2 is 0.955 bits per heavy atom. The van der Waals surface area contributed by atoms with Crippen molar-refractivity contribution in [2.45, 2.75) is 52.4 Å². The first-order valence-electron chi connectivity index (χ1n) is 14.9. The predicted molar refractivity (Wildman–Crippen MR) is 170 cm³/mol. The Balaban J connectivity index is 1.59. The maximum absolute atomic E-state index is 12.9. The van der Waals surface area contributed by atoms with E-state index >= 15 is 0 Å². The number of esters is 2. The molecule has 0 aliphatic rings. The average molecular weight is 595 g/mol. The molecular formula is C37H38O7. The maximum atomic E-state index is 12.9. The smallest absolute Gasteiger partial charge is 0.465 e. The summed E-state index contributed by atoms with van der Waals surface area (Å²) in [6, 6.07) is 25.3. The standard InChI is InChI=1S/C37H38O7/c1-5-7-13-25-23-27(19-21-29(25)31-15-9-11-17-33(31)35(38)41-3)43-37(40)44-28-20-22-30(26(24-28)14-8-6-2)32-16-10-12-18-34(32)36(39)42-4/h9-12,15-24H,5-8,13-14H2,1-4H3. The molecule has 0 radical (unpaired) electrons. The van der Waals surface area contributed by atoms with E-state index in [1.165, 1.54) is 14.2 Å². The molecule has 0 aliphatic heterocycles. The molecule has 228 valence electrons. The van der Waals surface area contributed by atoms with Crippen molar-refractivity contribution in [3.63, 3.8) is 0 Å². The van der Waals surface area contributed by atoms with Crippen LogP contribution in [0.3, 0.4) is 0 Å². The molecule has 4 aromatic rings. The summed E-state index contributed by atoms with van der Waals surface area (Å²) in [6.07, 6.45) is 4.42. The molecule has 7 nitrogen and oxygen atoms in total. The van der Waals surface area contributed by atoms with Crippen molar-refractivity contribution in [3.05, 3.63) is 107 Å². The Kier molecular flexibility index (Phi) is 11.3. The quantitative estimate of drug-likeness (QED) is 0.120. The zero-order valence-electron chi connectivity index (χ0n) is 25.7. The number of benzene rings is 4. The number of ether oxygens (including phenoxy) is 4. The van der Waals surface area contributed by atoms with Gasteiger partial charge in [0.15, 0.2) is 0 Å². The van der Waals surface area contributed by atoms with Crippen LogP contribution in [0, 0.1) is 0 Å². The van der Waals surface area contributed by atoms with Gasteiger partial charge in [-0.05, 0) is 95.5 Å². The Morgan fingerprint density at radius 1 is 0.545 bits per heavy atom. The van der Waals surface area contributed by atoms with Crippen LogP contribution in [0.4, 0.5) is 4.79 Å². The molecule has 44 heavy (non-hydrogen) atoms. The van der Waals surface area contributed by atoms with Crippen molar-refractivity contribution in [2.75, 3.05) is 14.2 Å². The number of unbranched alkanes of at least 4 members (excludes halogenated alkanes) is 2. The van der Waals surface area contributed by atoms with E-state index in [-0.39, 0.29) is 0 Å². The SMILES string of the molecule is CCCCc1cc(OC(=O)Oc2ccc(-c3ccccc3C(=O)OC)c(CCCC)c2)ccc1-c1ccccc1C(=O)OC. The molecule has 0 fully saturated rings. The third-order valence-corrected chi connectivity index (χ3v) is 7.40. The molecule has 0 amide bonds. The Bertz CT molecular complexity index is 1500. The van der Waals surface area contributed by atoms with Crippen molar-refractivity contribution in [1.82, 2.24) is 0 Å². The first-order valence-corrected chi connectivity index (χ1v) is 14.9. The van der Waals surface area contributed by atoms with E-state index in [9.17, 15) is 14.4 Å². The average Bonchev–Trinajstić information content (AvgIpc) is 3.05. The number of rotatable bonds is 12. The number of hydrogen-bond donors (Lipinski definition) is 0. The second-order valence-electron chi connectivity index (χ2n) is 10.4. The molecule has 7 heteroatoms. The Hall–Kier alpha value is -4.91. The van der Waals surface area contributed by atoms with Gasteiger partial charge in [-0.1, -0.05) is 75.2 Å². The molecule has 0 unspecified atom stereocenters. The summed E-state index contributed by atoms with van der Waals surface area (Å²) in [6.45, 7) is 4.21. The second kappa shape index (κ2) is 15.5. The normalized spacial score (nSPS) is 10.6. The van der Waals surface area contributed by atoms with Gasteiger partial charge in [0.25, 0.3) is 0 Å². The third kappa shape index (κ3) is 7.72. The minimum absolute atomic E-state index is 0.343. The highest BCUT2D eigenvalue weighted by Gasteiger charge is 2.19. The molecule has 4 aromatic carbocycles. The number of hydrogen-bond acceptors (Lipinski definition) is 7. The molecule has 0 aromatic heterocycles. The summed E-state index contributed by atoms with van der Waals surface area (Å²) in [5.74, 6) is -0.140. The van der Waals surface area contributed by atoms with Crippen molar-refractivity contribution in [1.29, 1.82) is 0 Å². The van der Waals surface area contributed by atoms with Crippen LogP contribution in [0.5, 0.6) is 11.5 Å². The lowest BCUT2D eigenvalue weighted by Gasteiger charge is -2.16. The third-order valence-electron chi connectivity index (χ3n) is 7.40. The second-order valence-corrected chi connectivity index (χ2v) is 10.4. The van der Waals surface area contributed by atoms with E-state index in [1.807, 2.05) is 48.5 Å². The summed E-state index contributed by atoms with van der Waals surface area (Å²) in [7, 11) is 2.72. The van der Waals surface area contributed by atoms with Gasteiger partial charge in [-0.2, -0.15) is 0 Å². The van der Waals surface area contributed by atoms with Gasteiger partial charge >= 0.3 is 18.1 Å². The molecular weight excluding hydrogens is 556 g/mol. The number of carbonyl (C=O) groups excluding carboxylic acids is 3. The largest absolute Gasteiger partial charge is 0.519 e. The fourth-order valence-electron chi connectivity index (χ4n) is 5.17. The number of methoxy groups -OCH3 is 2. The van der Waals surface area contributed by atoms with Gasteiger partial charge in [-0.15, -0.1) is 0 Å². The lowest BCUT2D eigenvalue weighted by atomic mass is 9.92. The van der Waals surface area contributed by atoms with Crippen LogP contribution in [0.1, 0.15) is 71.4 Å². The summed E-state index contributed by atoms with van der Waals surface area (Å²) in [4.78, 5) is 37.8. The lowest BCUT2D eigenvalue weighted by molar-refractivity contribution is 0.0592. The zero-order chi connectivity index (χ0) is 31.5. The van der Waals surface area contributed by atoms with Crippen LogP contribution in [-0.4, -0.2) is 32.3 Å². The molecule has 0 bridgehead atoms. The maximum Gasteiger partial charge on any atom is 0.519 e. The summed E-state index contributed by atoms with van der Waals surface area (Å²) in [5.41, 5.74) is 6.11. The van der Waals surface area contributed by atoms with Gasteiger partial charge < -0.3 is 18.9 Å². The van der Waals surface area contributed by atoms with Crippen LogP contribution < -0.4 is 9.47 Å². The molecule has 0 N–H and O–H groups in total. The van der Waals surface area contributed by atoms with Gasteiger partial charge in [-0.25, -0.2) is 14.4 Å². The molecule has 0 saturated heterocycles. The van der Waals surface area contributed by atoms with Crippen molar-refractivity contribution in [2.24, 2.45) is 0 Å². The van der Waals surface area contributed by atoms with Crippen LogP contribution in [0.15, 0.2) is 84.9 Å². The van der Waals surface area contributed by atoms with Gasteiger partial charge in [0.2, 0.25) is 0 Å². The van der Waals surface area contributed by atoms with E-state index in [1.54, 1.807) is 36.4 Å². The molecule has 0 aliphatic carbocycles. The fourth-order valence-corrected chi connectivity index (χ4v) is 5.17. The van der Waals surface area contributed by atoms with Crippen LogP contribution in [-0.2, 0) is 22.3 Å². The van der Waals surface area contributed by atoms with E-state index in [0.29, 0.717) is 22.6 Å². The first kappa shape index (κ1) is 32.0. The summed E-state index contributed by atoms with van der Waals surface area (Å²) in [5, 5.41) is 0. The van der Waals surface area contributed by atoms with Gasteiger partial charge in [0.1, 0.15) is 11.5 Å². The van der Waals surface area contributed by atoms with Crippen molar-refractivity contribution < 1.29 is 33.3 Å². The summed E-state index contributed by atoms with van der Waals surface area (Å²) >= 11 is 0. The van der Waals surface area contributed by atoms with E-state index in [0.717, 1.165) is 71.9 Å². The monoisotopic (exact) mass is 594 g/mol. The van der Waals surface area contributed by atoms with Crippen LogP contribution >= 0.6 is 0 Å². The van der Waals surface area contributed by atoms with Gasteiger partial charge in [0.05, 0.1) is 25.3 Å². The Morgan fingerprint density at radius 3 is 1.34 bits per heavy atom. The van der Waals surface area contributed by atoms with Gasteiger partial charge in [0, 0.05) is 0 Å². The Labute approximate surface area is 258 Å². The highest BCUT2D eigenvalue weighted by molar-refractivity contribution is 5.98. The van der Waals surface area contributed by atoms with Gasteiger partial charge in [-0.3, -0.25) is 0 Å².